The molecule has 0 aliphatic carbocycles. The average Bonchev–Trinajstić information content (AvgIpc) is 3.87. The number of benzene rings is 2. The van der Waals surface area contributed by atoms with Crippen molar-refractivity contribution in [2.75, 3.05) is 0 Å². The Morgan fingerprint density at radius 2 is 1.06 bits per heavy atom. The normalized spacial score (nSPS) is 17.6. The van der Waals surface area contributed by atoms with E-state index in [4.69, 9.17) is 23.2 Å². The Hall–Kier alpha value is -5.20. The van der Waals surface area contributed by atoms with Gasteiger partial charge in [0.25, 0.3) is 11.1 Å². The monoisotopic (exact) mass is 710 g/mol. The lowest BCUT2D eigenvalue weighted by atomic mass is 9.98. The highest BCUT2D eigenvalue weighted by Crippen LogP contribution is 2.43. The van der Waals surface area contributed by atoms with Crippen molar-refractivity contribution in [2.24, 2.45) is 14.1 Å². The zero-order valence-corrected chi connectivity index (χ0v) is 28.8. The first-order valence-corrected chi connectivity index (χ1v) is 17.1. The van der Waals surface area contributed by atoms with Crippen molar-refractivity contribution in [1.82, 2.24) is 38.9 Å². The molecule has 6 heterocycles. The predicted molar refractivity (Wildman–Crippen MR) is 192 cm³/mol. The molecule has 2 aromatic carbocycles. The first-order valence-electron chi connectivity index (χ1n) is 16.4. The van der Waals surface area contributed by atoms with E-state index in [1.54, 1.807) is 18.3 Å². The minimum absolute atomic E-state index is 0.00928. The molecule has 0 bridgehead atoms. The van der Waals surface area contributed by atoms with Gasteiger partial charge in [-0.15, -0.1) is 0 Å². The van der Waals surface area contributed by atoms with Gasteiger partial charge in [0.2, 0.25) is 11.8 Å². The van der Waals surface area contributed by atoms with Gasteiger partial charge in [0.1, 0.15) is 11.0 Å². The number of nitrogens with one attached hydrogen (secondary N) is 2. The largest absolute Gasteiger partial charge is 0.352 e. The fraction of sp³-hybridized carbons (Fsp3) is 0.278. The number of aryl methyl sites for hydroxylation is 2. The first-order chi connectivity index (χ1) is 24.1. The molecule has 2 saturated heterocycles. The molecule has 14 heteroatoms. The lowest BCUT2D eigenvalue weighted by molar-refractivity contribution is -0.120. The summed E-state index contributed by atoms with van der Waals surface area (Å²) in [6.07, 6.45) is 5.30. The van der Waals surface area contributed by atoms with Crippen molar-refractivity contribution >= 4 is 57.1 Å². The average molecular weight is 712 g/mol. The zero-order valence-electron chi connectivity index (χ0n) is 27.2. The number of rotatable bonds is 7. The summed E-state index contributed by atoms with van der Waals surface area (Å²) in [7, 11) is 3.62. The van der Waals surface area contributed by atoms with Crippen LogP contribution < -0.4 is 21.8 Å². The molecule has 254 valence electrons. The summed E-state index contributed by atoms with van der Waals surface area (Å²) in [5.41, 5.74) is 5.77. The molecular formula is C36H32Cl2N8O4. The van der Waals surface area contributed by atoms with Crippen LogP contribution in [0.3, 0.4) is 0 Å². The Morgan fingerprint density at radius 1 is 0.660 bits per heavy atom. The van der Waals surface area contributed by atoms with Crippen molar-refractivity contribution in [3.63, 3.8) is 0 Å². The van der Waals surface area contributed by atoms with Crippen LogP contribution in [0.1, 0.15) is 25.7 Å². The topological polar surface area (TPSA) is 138 Å². The fourth-order valence-corrected chi connectivity index (χ4v) is 7.92. The maximum atomic E-state index is 13.6. The molecule has 2 fully saturated rings. The third kappa shape index (κ3) is 5.30. The molecule has 2 aliphatic rings. The van der Waals surface area contributed by atoms with Crippen molar-refractivity contribution in [3.05, 3.63) is 91.9 Å². The molecule has 4 aromatic heterocycles. The Morgan fingerprint density at radius 3 is 1.44 bits per heavy atom. The summed E-state index contributed by atoms with van der Waals surface area (Å²) in [5.74, 6) is -0.0186. The van der Waals surface area contributed by atoms with Crippen molar-refractivity contribution in [2.45, 2.75) is 50.9 Å². The maximum Gasteiger partial charge on any atom is 0.277 e. The maximum absolute atomic E-state index is 13.6. The summed E-state index contributed by atoms with van der Waals surface area (Å²) >= 11 is 14.3. The molecule has 2 amide bonds. The van der Waals surface area contributed by atoms with Gasteiger partial charge in [-0.05, 0) is 25.0 Å². The Bertz CT molecular complexity index is 2340. The molecule has 0 radical (unpaired) electrons. The first kappa shape index (κ1) is 32.0. The van der Waals surface area contributed by atoms with Crippen LogP contribution in [0.2, 0.25) is 10.0 Å². The summed E-state index contributed by atoms with van der Waals surface area (Å²) in [4.78, 5) is 59.7. The van der Waals surface area contributed by atoms with E-state index in [2.05, 4.69) is 20.6 Å². The summed E-state index contributed by atoms with van der Waals surface area (Å²) in [6, 6.07) is 14.8. The van der Waals surface area contributed by atoms with E-state index in [0.717, 1.165) is 0 Å². The minimum Gasteiger partial charge on any atom is -0.352 e. The highest BCUT2D eigenvalue weighted by Gasteiger charge is 2.25. The minimum atomic E-state index is -0.200. The van der Waals surface area contributed by atoms with E-state index in [1.807, 2.05) is 62.6 Å². The molecule has 50 heavy (non-hydrogen) atoms. The Kier molecular flexibility index (Phi) is 7.87. The third-order valence-electron chi connectivity index (χ3n) is 9.87. The van der Waals surface area contributed by atoms with E-state index in [0.29, 0.717) is 105 Å². The van der Waals surface area contributed by atoms with Gasteiger partial charge in [0.15, 0.2) is 0 Å². The number of amides is 2. The van der Waals surface area contributed by atoms with Crippen LogP contribution in [0.4, 0.5) is 0 Å². The van der Waals surface area contributed by atoms with E-state index in [1.165, 1.54) is 12.7 Å². The van der Waals surface area contributed by atoms with E-state index < -0.39 is 0 Å². The van der Waals surface area contributed by atoms with Crippen LogP contribution in [-0.4, -0.2) is 52.1 Å². The van der Waals surface area contributed by atoms with Gasteiger partial charge in [-0.1, -0.05) is 59.6 Å². The fourth-order valence-electron chi connectivity index (χ4n) is 7.27. The van der Waals surface area contributed by atoms with E-state index >= 15 is 0 Å². The van der Waals surface area contributed by atoms with Gasteiger partial charge in [-0.2, -0.15) is 0 Å². The second-order valence-corrected chi connectivity index (χ2v) is 13.7. The standard InChI is InChI=1S/C36H32Cl2N8O4/c1-43-27(13-25-33(43)35(49)45(17-39-25)15-19-9-11-29(47)41-19)23-7-3-5-21(31(23)37)22-6-4-8-24(32(22)38)28-14-26-34(44(28)2)36(50)46(18-40-26)16-20-10-12-30(48)42-20/h3-8,13-14,17-20H,9-12,15-16H2,1-2H3,(H,41,47)(H,42,48)/t19-,20-/m0/s1. The van der Waals surface area contributed by atoms with Crippen molar-refractivity contribution in [3.8, 4) is 33.6 Å². The SMILES string of the molecule is Cn1c(-c2cccc(-c3cccc(-c4cc5ncn(C[C@@H]6CCC(=O)N6)c(=O)c5n4C)c3Cl)c2Cl)cc2ncn(C[C@@H]3CCC(=O)N3)c(=O)c21. The van der Waals surface area contributed by atoms with E-state index in [9.17, 15) is 19.2 Å². The molecule has 8 rings (SSSR count). The zero-order chi connectivity index (χ0) is 34.8. The number of carbonyl (C=O) groups is 2. The Labute approximate surface area is 295 Å². The number of hydrogen-bond donors (Lipinski definition) is 2. The number of nitrogens with zero attached hydrogens (tertiary/aromatic N) is 6. The van der Waals surface area contributed by atoms with Crippen LogP contribution >= 0.6 is 23.2 Å². The molecule has 12 nitrogen and oxygen atoms in total. The number of fused-ring (bicyclic) bond motifs is 2. The smallest absolute Gasteiger partial charge is 0.277 e. The predicted octanol–water partition coefficient (Wildman–Crippen LogP) is 4.65. The van der Waals surface area contributed by atoms with Crippen LogP contribution in [0.15, 0.2) is 70.8 Å². The molecule has 2 atom stereocenters. The van der Waals surface area contributed by atoms with Crippen molar-refractivity contribution in [1.29, 1.82) is 0 Å². The van der Waals surface area contributed by atoms with Gasteiger partial charge in [0.05, 0.1) is 45.1 Å². The second kappa shape index (κ2) is 12.3. The third-order valence-corrected chi connectivity index (χ3v) is 10.7. The lowest BCUT2D eigenvalue weighted by Crippen LogP contribution is -2.34. The quantitative estimate of drug-likeness (QED) is 0.248. The van der Waals surface area contributed by atoms with Gasteiger partial charge in [-0.3, -0.25) is 28.3 Å². The number of halogens is 2. The van der Waals surface area contributed by atoms with Crippen LogP contribution in [-0.2, 0) is 36.8 Å². The second-order valence-electron chi connectivity index (χ2n) is 13.0. The number of hydrogen-bond acceptors (Lipinski definition) is 6. The van der Waals surface area contributed by atoms with Crippen LogP contribution in [0, 0.1) is 0 Å². The number of carbonyl (C=O) groups excluding carboxylic acids is 2. The van der Waals surface area contributed by atoms with Crippen molar-refractivity contribution < 1.29 is 9.59 Å². The van der Waals surface area contributed by atoms with Crippen LogP contribution in [0.5, 0.6) is 0 Å². The molecular weight excluding hydrogens is 679 g/mol. The Balaban J connectivity index is 1.16. The van der Waals surface area contributed by atoms with Gasteiger partial charge >= 0.3 is 0 Å². The van der Waals surface area contributed by atoms with Gasteiger partial charge < -0.3 is 19.8 Å². The lowest BCUT2D eigenvalue weighted by Gasteiger charge is -2.15. The summed E-state index contributed by atoms with van der Waals surface area (Å²) in [6.45, 7) is 0.699. The number of aromatic nitrogens is 6. The molecule has 0 unspecified atom stereocenters. The highest BCUT2D eigenvalue weighted by molar-refractivity contribution is 6.39. The molecule has 0 spiro atoms. The highest BCUT2D eigenvalue weighted by atomic mass is 35.5. The van der Waals surface area contributed by atoms with Gasteiger partial charge in [-0.25, -0.2) is 9.97 Å². The molecule has 2 aliphatic heterocycles. The summed E-state index contributed by atoms with van der Waals surface area (Å²) < 4.78 is 6.68. The summed E-state index contributed by atoms with van der Waals surface area (Å²) in [5, 5.41) is 6.72. The molecule has 6 aromatic rings. The van der Waals surface area contributed by atoms with Crippen LogP contribution in [0.25, 0.3) is 55.7 Å². The van der Waals surface area contributed by atoms with E-state index in [-0.39, 0.29) is 35.0 Å². The van der Waals surface area contributed by atoms with Gasteiger partial charge in [0, 0.05) is 74.4 Å². The molecule has 0 saturated carbocycles. The molecule has 2 N–H and O–H groups in total.